The molecule has 0 bridgehead atoms. The highest BCUT2D eigenvalue weighted by Gasteiger charge is 2.31. The van der Waals surface area contributed by atoms with E-state index in [4.69, 9.17) is 9.47 Å². The van der Waals surface area contributed by atoms with Gasteiger partial charge in [0.15, 0.2) is 0 Å². The van der Waals surface area contributed by atoms with Crippen LogP contribution in [0.5, 0.6) is 11.6 Å². The third kappa shape index (κ3) is 4.18. The van der Waals surface area contributed by atoms with Gasteiger partial charge in [0.25, 0.3) is 5.88 Å². The van der Waals surface area contributed by atoms with E-state index < -0.39 is 11.3 Å². The minimum Gasteiger partial charge on any atom is -0.470 e. The van der Waals surface area contributed by atoms with Crippen molar-refractivity contribution in [3.63, 3.8) is 0 Å². The van der Waals surface area contributed by atoms with Crippen LogP contribution < -0.4 is 9.47 Å². The maximum absolute atomic E-state index is 12.1. The maximum Gasteiger partial charge on any atom is 0.573 e. The lowest BCUT2D eigenvalue weighted by atomic mass is 10.2. The summed E-state index contributed by atoms with van der Waals surface area (Å²) in [4.78, 5) is 13.8. The van der Waals surface area contributed by atoms with Crippen molar-refractivity contribution in [1.82, 2.24) is 9.55 Å². The zero-order chi connectivity index (χ0) is 18.0. The third-order valence-corrected chi connectivity index (χ3v) is 3.39. The number of benzene rings is 1. The van der Waals surface area contributed by atoms with Gasteiger partial charge in [0.05, 0.1) is 13.2 Å². The summed E-state index contributed by atoms with van der Waals surface area (Å²) in [5, 5.41) is 10.8. The highest BCUT2D eigenvalue weighted by atomic mass is 19.4. The van der Waals surface area contributed by atoms with E-state index in [2.05, 4.69) is 9.72 Å². The van der Waals surface area contributed by atoms with Gasteiger partial charge in [-0.3, -0.25) is 4.57 Å². The quantitative estimate of drug-likeness (QED) is 0.602. The van der Waals surface area contributed by atoms with Crippen LogP contribution in [0, 0.1) is 10.1 Å². The van der Waals surface area contributed by atoms with Crippen molar-refractivity contribution in [2.75, 3.05) is 6.61 Å². The van der Waals surface area contributed by atoms with Gasteiger partial charge in [0, 0.05) is 0 Å². The SMILES string of the molecule is O=[N+]([O-])c1ncn2c1OCC(OCc1ccc(OC(F)(F)F)cc1)C2. The first kappa shape index (κ1) is 17.0. The minimum atomic E-state index is -4.73. The fraction of sp³-hybridized carbons (Fsp3) is 0.357. The third-order valence-electron chi connectivity index (χ3n) is 3.39. The van der Waals surface area contributed by atoms with E-state index in [9.17, 15) is 23.3 Å². The van der Waals surface area contributed by atoms with E-state index in [0.717, 1.165) is 0 Å². The van der Waals surface area contributed by atoms with Crippen LogP contribution in [0.4, 0.5) is 19.0 Å². The second-order valence-electron chi connectivity index (χ2n) is 5.22. The Morgan fingerprint density at radius 2 is 2.08 bits per heavy atom. The van der Waals surface area contributed by atoms with E-state index in [1.807, 2.05) is 0 Å². The maximum atomic E-state index is 12.1. The van der Waals surface area contributed by atoms with E-state index in [0.29, 0.717) is 12.1 Å². The van der Waals surface area contributed by atoms with Gasteiger partial charge in [-0.1, -0.05) is 12.1 Å². The Balaban J connectivity index is 1.55. The first-order valence-electron chi connectivity index (χ1n) is 7.10. The van der Waals surface area contributed by atoms with Crippen molar-refractivity contribution in [1.29, 1.82) is 0 Å². The number of nitrogens with zero attached hydrogens (tertiary/aromatic N) is 3. The summed E-state index contributed by atoms with van der Waals surface area (Å²) in [6, 6.07) is 5.30. The fourth-order valence-corrected chi connectivity index (χ4v) is 2.31. The van der Waals surface area contributed by atoms with Crippen molar-refractivity contribution in [3.8, 4) is 11.6 Å². The number of halogens is 3. The molecule has 1 aliphatic heterocycles. The molecule has 0 amide bonds. The van der Waals surface area contributed by atoms with Crippen LogP contribution in [0.15, 0.2) is 30.6 Å². The molecule has 0 radical (unpaired) electrons. The molecule has 3 rings (SSSR count). The fourth-order valence-electron chi connectivity index (χ4n) is 2.31. The number of fused-ring (bicyclic) bond motifs is 1. The standard InChI is InChI=1S/C14H12F3N3O5/c15-14(16,17)25-10-3-1-9(2-4-10)6-23-11-5-19-8-18-12(20(21)22)13(19)24-7-11/h1-4,8,11H,5-7H2. The summed E-state index contributed by atoms with van der Waals surface area (Å²) < 4.78 is 52.5. The lowest BCUT2D eigenvalue weighted by Crippen LogP contribution is -2.32. The molecular weight excluding hydrogens is 347 g/mol. The van der Waals surface area contributed by atoms with Crippen LogP contribution in [0.3, 0.4) is 0 Å². The summed E-state index contributed by atoms with van der Waals surface area (Å²) in [5.74, 6) is -0.579. The first-order valence-corrected chi connectivity index (χ1v) is 7.10. The largest absolute Gasteiger partial charge is 0.573 e. The predicted molar refractivity (Wildman–Crippen MR) is 76.1 cm³/mol. The molecule has 1 aliphatic rings. The first-order chi connectivity index (χ1) is 11.8. The van der Waals surface area contributed by atoms with Crippen molar-refractivity contribution >= 4 is 5.82 Å². The summed E-state index contributed by atoms with van der Waals surface area (Å²) in [6.07, 6.45) is -3.80. The zero-order valence-electron chi connectivity index (χ0n) is 12.6. The number of imidazole rings is 1. The van der Waals surface area contributed by atoms with Gasteiger partial charge in [-0.15, -0.1) is 13.2 Å². The van der Waals surface area contributed by atoms with Crippen LogP contribution >= 0.6 is 0 Å². The van der Waals surface area contributed by atoms with E-state index >= 15 is 0 Å². The van der Waals surface area contributed by atoms with Gasteiger partial charge in [-0.05, 0) is 27.6 Å². The summed E-state index contributed by atoms with van der Waals surface area (Å²) in [7, 11) is 0. The molecule has 0 spiro atoms. The normalized spacial score (nSPS) is 16.8. The molecule has 2 aromatic rings. The van der Waals surface area contributed by atoms with Crippen molar-refractivity contribution < 1.29 is 32.3 Å². The second kappa shape index (κ2) is 6.59. The van der Waals surface area contributed by atoms with Gasteiger partial charge >= 0.3 is 12.2 Å². The minimum absolute atomic E-state index is 0.0819. The van der Waals surface area contributed by atoms with Crippen LogP contribution in [0.25, 0.3) is 0 Å². The Morgan fingerprint density at radius 1 is 1.36 bits per heavy atom. The Hall–Kier alpha value is -2.82. The Labute approximate surface area is 138 Å². The Morgan fingerprint density at radius 3 is 2.72 bits per heavy atom. The average molecular weight is 359 g/mol. The second-order valence-corrected chi connectivity index (χ2v) is 5.22. The number of alkyl halides is 3. The number of rotatable bonds is 5. The van der Waals surface area contributed by atoms with Crippen molar-refractivity contribution in [2.24, 2.45) is 0 Å². The number of hydrogen-bond donors (Lipinski definition) is 0. The summed E-state index contributed by atoms with van der Waals surface area (Å²) in [5.41, 5.74) is 0.650. The lowest BCUT2D eigenvalue weighted by Gasteiger charge is -2.23. The summed E-state index contributed by atoms with van der Waals surface area (Å²) >= 11 is 0. The molecule has 2 heterocycles. The highest BCUT2D eigenvalue weighted by molar-refractivity contribution is 5.34. The van der Waals surface area contributed by atoms with Gasteiger partial charge in [0.2, 0.25) is 6.33 Å². The van der Waals surface area contributed by atoms with Gasteiger partial charge in [0.1, 0.15) is 18.5 Å². The number of aromatic nitrogens is 2. The Bertz CT molecular complexity index is 760. The molecule has 1 aromatic carbocycles. The van der Waals surface area contributed by atoms with Crippen LogP contribution in [-0.4, -0.2) is 33.5 Å². The molecule has 1 atom stereocenters. The van der Waals surface area contributed by atoms with Gasteiger partial charge < -0.3 is 24.3 Å². The Kier molecular flexibility index (Phi) is 4.49. The van der Waals surface area contributed by atoms with Crippen molar-refractivity contribution in [3.05, 3.63) is 46.3 Å². The highest BCUT2D eigenvalue weighted by Crippen LogP contribution is 2.29. The smallest absolute Gasteiger partial charge is 0.470 e. The average Bonchev–Trinajstić information content (AvgIpc) is 2.96. The van der Waals surface area contributed by atoms with E-state index in [1.165, 1.54) is 35.2 Å². The molecule has 25 heavy (non-hydrogen) atoms. The molecule has 1 aromatic heterocycles. The van der Waals surface area contributed by atoms with Crippen LogP contribution in [0.1, 0.15) is 5.56 Å². The van der Waals surface area contributed by atoms with Crippen molar-refractivity contribution in [2.45, 2.75) is 25.6 Å². The van der Waals surface area contributed by atoms with Crippen LogP contribution in [-0.2, 0) is 17.9 Å². The zero-order valence-corrected chi connectivity index (χ0v) is 12.6. The summed E-state index contributed by atoms with van der Waals surface area (Å²) in [6.45, 7) is 0.583. The molecule has 134 valence electrons. The molecule has 0 fully saturated rings. The molecule has 0 saturated carbocycles. The number of nitro groups is 1. The topological polar surface area (TPSA) is 88.7 Å². The molecule has 8 nitrogen and oxygen atoms in total. The molecule has 0 aliphatic carbocycles. The van der Waals surface area contributed by atoms with Gasteiger partial charge in [-0.25, -0.2) is 0 Å². The lowest BCUT2D eigenvalue weighted by molar-refractivity contribution is -0.390. The van der Waals surface area contributed by atoms with E-state index in [1.54, 1.807) is 0 Å². The number of hydrogen-bond acceptors (Lipinski definition) is 6. The monoisotopic (exact) mass is 359 g/mol. The van der Waals surface area contributed by atoms with Gasteiger partial charge in [-0.2, -0.15) is 0 Å². The van der Waals surface area contributed by atoms with Crippen LogP contribution in [0.2, 0.25) is 0 Å². The number of ether oxygens (including phenoxy) is 3. The molecule has 0 N–H and O–H groups in total. The molecule has 0 saturated heterocycles. The molecule has 1 unspecified atom stereocenters. The van der Waals surface area contributed by atoms with E-state index in [-0.39, 0.29) is 36.8 Å². The molecular formula is C14H12F3N3O5. The predicted octanol–water partition coefficient (Wildman–Crippen LogP) is 2.67. The molecule has 11 heteroatoms.